The Bertz CT molecular complexity index is 1140. The summed E-state index contributed by atoms with van der Waals surface area (Å²) in [6.45, 7) is 4.16. The summed E-state index contributed by atoms with van der Waals surface area (Å²) in [5, 5.41) is 9.94. The van der Waals surface area contributed by atoms with Gasteiger partial charge in [-0.3, -0.25) is 4.57 Å². The molecule has 0 spiro atoms. The van der Waals surface area contributed by atoms with Gasteiger partial charge >= 0.3 is 0 Å². The van der Waals surface area contributed by atoms with Crippen molar-refractivity contribution in [3.05, 3.63) is 94.3 Å². The quantitative estimate of drug-likeness (QED) is 0.337. The lowest BCUT2D eigenvalue weighted by molar-refractivity contribution is 0.617. The fourth-order valence-corrected chi connectivity index (χ4v) is 4.34. The molecule has 1 heterocycles. The first-order valence-corrected chi connectivity index (χ1v) is 10.5. The average Bonchev–Trinajstić information content (AvgIpc) is 3.14. The molecule has 0 unspecified atom stereocenters. The second kappa shape index (κ2) is 8.39. The van der Waals surface area contributed by atoms with Crippen LogP contribution in [0.25, 0.3) is 17.1 Å². The Kier molecular flexibility index (Phi) is 5.69. The fraction of sp³-hybridized carbons (Fsp3) is 0.130. The van der Waals surface area contributed by atoms with Crippen LogP contribution in [0.3, 0.4) is 0 Å². The first-order chi connectivity index (χ1) is 14.0. The summed E-state index contributed by atoms with van der Waals surface area (Å²) in [7, 11) is 0. The molecule has 0 aliphatic heterocycles. The Balaban J connectivity index is 1.78. The second-order valence-electron chi connectivity index (χ2n) is 6.77. The Hall–Kier alpha value is -2.63. The highest BCUT2D eigenvalue weighted by Gasteiger charge is 2.18. The topological polar surface area (TPSA) is 30.7 Å². The van der Waals surface area contributed by atoms with Crippen LogP contribution in [0.4, 0.5) is 4.39 Å². The number of hydrogen-bond donors (Lipinski definition) is 0. The van der Waals surface area contributed by atoms with Crippen molar-refractivity contribution in [2.45, 2.75) is 24.8 Å². The van der Waals surface area contributed by atoms with E-state index in [-0.39, 0.29) is 5.82 Å². The van der Waals surface area contributed by atoms with Gasteiger partial charge in [-0.25, -0.2) is 4.39 Å². The van der Waals surface area contributed by atoms with E-state index in [1.165, 1.54) is 29.0 Å². The van der Waals surface area contributed by atoms with E-state index in [0.717, 1.165) is 17.1 Å². The lowest BCUT2D eigenvalue weighted by Crippen LogP contribution is -2.01. The van der Waals surface area contributed by atoms with E-state index in [4.69, 9.17) is 11.6 Å². The molecule has 0 N–H and O–H groups in total. The predicted octanol–water partition coefficient (Wildman–Crippen LogP) is 6.64. The normalized spacial score (nSPS) is 11.0. The Morgan fingerprint density at radius 2 is 1.72 bits per heavy atom. The van der Waals surface area contributed by atoms with Crippen molar-refractivity contribution >= 4 is 23.4 Å². The van der Waals surface area contributed by atoms with Gasteiger partial charge in [-0.2, -0.15) is 0 Å². The van der Waals surface area contributed by atoms with Crippen LogP contribution in [-0.4, -0.2) is 14.8 Å². The van der Waals surface area contributed by atoms with E-state index in [1.54, 1.807) is 12.1 Å². The number of thioether (sulfide) groups is 1. The molecule has 0 atom stereocenters. The van der Waals surface area contributed by atoms with Gasteiger partial charge in [0.15, 0.2) is 11.0 Å². The van der Waals surface area contributed by atoms with Gasteiger partial charge in [-0.15, -0.1) is 10.2 Å². The minimum absolute atomic E-state index is 0.314. The first-order valence-electron chi connectivity index (χ1n) is 9.19. The SMILES string of the molecule is Cc1ccc(-n2c(SCc3c(F)cccc3Cl)nnc2-c2ccccc2)cc1C. The van der Waals surface area contributed by atoms with Gasteiger partial charge in [-0.05, 0) is 49.2 Å². The number of halogens is 2. The number of hydrogen-bond acceptors (Lipinski definition) is 3. The fourth-order valence-electron chi connectivity index (χ4n) is 3.04. The zero-order valence-corrected chi connectivity index (χ0v) is 17.6. The molecule has 0 saturated heterocycles. The number of benzene rings is 3. The maximum absolute atomic E-state index is 14.2. The summed E-state index contributed by atoms with van der Waals surface area (Å²) < 4.78 is 16.2. The van der Waals surface area contributed by atoms with Gasteiger partial charge in [0.25, 0.3) is 0 Å². The van der Waals surface area contributed by atoms with E-state index in [2.05, 4.69) is 42.2 Å². The van der Waals surface area contributed by atoms with E-state index >= 15 is 0 Å². The van der Waals surface area contributed by atoms with Gasteiger partial charge in [0, 0.05) is 21.9 Å². The number of aromatic nitrogens is 3. The van der Waals surface area contributed by atoms with Crippen molar-refractivity contribution in [1.82, 2.24) is 14.8 Å². The Morgan fingerprint density at radius 3 is 2.45 bits per heavy atom. The van der Waals surface area contributed by atoms with Crippen LogP contribution in [0.5, 0.6) is 0 Å². The summed E-state index contributed by atoms with van der Waals surface area (Å²) in [4.78, 5) is 0. The van der Waals surface area contributed by atoms with E-state index in [1.807, 2.05) is 34.9 Å². The van der Waals surface area contributed by atoms with Crippen LogP contribution in [0.2, 0.25) is 5.02 Å². The van der Waals surface area contributed by atoms with Crippen LogP contribution >= 0.6 is 23.4 Å². The summed E-state index contributed by atoms with van der Waals surface area (Å²) in [5.74, 6) is 0.796. The van der Waals surface area contributed by atoms with Crippen molar-refractivity contribution in [1.29, 1.82) is 0 Å². The van der Waals surface area contributed by atoms with Gasteiger partial charge < -0.3 is 0 Å². The third-order valence-electron chi connectivity index (χ3n) is 4.82. The molecule has 0 aliphatic rings. The molecule has 146 valence electrons. The zero-order chi connectivity index (χ0) is 20.4. The third kappa shape index (κ3) is 4.07. The first kappa shape index (κ1) is 19.7. The highest BCUT2D eigenvalue weighted by Crippen LogP contribution is 2.32. The summed E-state index contributed by atoms with van der Waals surface area (Å²) in [6, 6.07) is 20.9. The van der Waals surface area contributed by atoms with E-state index < -0.39 is 0 Å². The van der Waals surface area contributed by atoms with Crippen molar-refractivity contribution in [3.63, 3.8) is 0 Å². The zero-order valence-electron chi connectivity index (χ0n) is 16.1. The van der Waals surface area contributed by atoms with Crippen molar-refractivity contribution in [3.8, 4) is 17.1 Å². The number of nitrogens with zero attached hydrogens (tertiary/aromatic N) is 3. The lowest BCUT2D eigenvalue weighted by atomic mass is 10.1. The van der Waals surface area contributed by atoms with Crippen LogP contribution in [-0.2, 0) is 5.75 Å². The summed E-state index contributed by atoms with van der Waals surface area (Å²) in [6.07, 6.45) is 0. The molecule has 3 nitrogen and oxygen atoms in total. The average molecular weight is 424 g/mol. The smallest absolute Gasteiger partial charge is 0.196 e. The van der Waals surface area contributed by atoms with Crippen LogP contribution in [0.1, 0.15) is 16.7 Å². The number of aryl methyl sites for hydroxylation is 2. The summed E-state index contributed by atoms with van der Waals surface area (Å²) >= 11 is 7.61. The molecule has 29 heavy (non-hydrogen) atoms. The predicted molar refractivity (Wildman–Crippen MR) is 117 cm³/mol. The molecule has 4 rings (SSSR count). The Morgan fingerprint density at radius 1 is 0.931 bits per heavy atom. The van der Waals surface area contributed by atoms with Gasteiger partial charge in [0.1, 0.15) is 5.82 Å². The van der Waals surface area contributed by atoms with E-state index in [0.29, 0.717) is 21.5 Å². The standard InChI is InChI=1S/C23H19ClFN3S/c1-15-11-12-18(13-16(15)2)28-22(17-7-4-3-5-8-17)26-27-23(28)29-14-19-20(24)9-6-10-21(19)25/h3-13H,14H2,1-2H3. The molecule has 4 aromatic rings. The minimum Gasteiger partial charge on any atom is -0.270 e. The lowest BCUT2D eigenvalue weighted by Gasteiger charge is -2.12. The maximum Gasteiger partial charge on any atom is 0.196 e. The van der Waals surface area contributed by atoms with Crippen LogP contribution in [0.15, 0.2) is 71.9 Å². The van der Waals surface area contributed by atoms with Crippen LogP contribution < -0.4 is 0 Å². The monoisotopic (exact) mass is 423 g/mol. The largest absolute Gasteiger partial charge is 0.270 e. The van der Waals surface area contributed by atoms with Gasteiger partial charge in [0.2, 0.25) is 0 Å². The summed E-state index contributed by atoms with van der Waals surface area (Å²) in [5.41, 5.74) is 4.81. The molecule has 0 fully saturated rings. The molecule has 0 radical (unpaired) electrons. The molecule has 6 heteroatoms. The number of rotatable bonds is 5. The van der Waals surface area contributed by atoms with Crippen molar-refractivity contribution in [2.75, 3.05) is 0 Å². The van der Waals surface area contributed by atoms with Gasteiger partial charge in [-0.1, -0.05) is 65.8 Å². The third-order valence-corrected chi connectivity index (χ3v) is 6.13. The molecule has 0 aliphatic carbocycles. The highest BCUT2D eigenvalue weighted by atomic mass is 35.5. The minimum atomic E-state index is -0.314. The van der Waals surface area contributed by atoms with Crippen molar-refractivity contribution in [2.24, 2.45) is 0 Å². The van der Waals surface area contributed by atoms with Crippen molar-refractivity contribution < 1.29 is 4.39 Å². The molecule has 1 aromatic heterocycles. The highest BCUT2D eigenvalue weighted by molar-refractivity contribution is 7.98. The molecule has 0 bridgehead atoms. The Labute approximate surface area is 178 Å². The van der Waals surface area contributed by atoms with E-state index in [9.17, 15) is 4.39 Å². The van der Waals surface area contributed by atoms with Gasteiger partial charge in [0.05, 0.1) is 5.69 Å². The molecular weight excluding hydrogens is 405 g/mol. The maximum atomic E-state index is 14.2. The second-order valence-corrected chi connectivity index (χ2v) is 8.11. The molecule has 3 aromatic carbocycles. The molecule has 0 saturated carbocycles. The van der Waals surface area contributed by atoms with Crippen LogP contribution in [0, 0.1) is 19.7 Å². The molecule has 0 amide bonds. The molecular formula is C23H19ClFN3S.